The fraction of sp³-hybridized carbons (Fsp3) is 0.267. The molecule has 22 heavy (non-hydrogen) atoms. The Kier molecular flexibility index (Phi) is 7.68. The van der Waals surface area contributed by atoms with Crippen LogP contribution in [0.1, 0.15) is 12.0 Å². The molecule has 0 saturated carbocycles. The molecule has 0 saturated heterocycles. The van der Waals surface area contributed by atoms with Gasteiger partial charge in [0.1, 0.15) is 11.6 Å². The highest BCUT2D eigenvalue weighted by atomic mass is 35.5. The number of amides is 2. The maximum Gasteiger partial charge on any atom is 0.263 e. The molecule has 6 nitrogen and oxygen atoms in total. The van der Waals surface area contributed by atoms with Crippen LogP contribution in [0.25, 0.3) is 0 Å². The van der Waals surface area contributed by atoms with E-state index in [4.69, 9.17) is 22.6 Å². The van der Waals surface area contributed by atoms with E-state index in [1.807, 2.05) is 0 Å². The Balaban J connectivity index is 2.70. The summed E-state index contributed by atoms with van der Waals surface area (Å²) in [5.74, 6) is -0.568. The first-order chi connectivity index (χ1) is 10.6. The summed E-state index contributed by atoms with van der Waals surface area (Å²) < 4.78 is 0. The van der Waals surface area contributed by atoms with Crippen LogP contribution in [0, 0.1) is 11.3 Å². The molecule has 0 aliphatic heterocycles. The second kappa shape index (κ2) is 9.55. The van der Waals surface area contributed by atoms with Gasteiger partial charge in [-0.15, -0.1) is 0 Å². The van der Waals surface area contributed by atoms with Gasteiger partial charge in [0.25, 0.3) is 5.91 Å². The third-order valence-electron chi connectivity index (χ3n) is 2.81. The Bertz CT molecular complexity index is 595. The molecule has 3 N–H and O–H groups in total. The van der Waals surface area contributed by atoms with Gasteiger partial charge in [0.15, 0.2) is 0 Å². The van der Waals surface area contributed by atoms with Crippen LogP contribution in [0.15, 0.2) is 36.0 Å². The van der Waals surface area contributed by atoms with E-state index >= 15 is 0 Å². The first-order valence-electron chi connectivity index (χ1n) is 6.67. The Labute approximate surface area is 134 Å². The first kappa shape index (κ1) is 17.7. The zero-order chi connectivity index (χ0) is 16.4. The lowest BCUT2D eigenvalue weighted by Crippen LogP contribution is -2.27. The van der Waals surface area contributed by atoms with E-state index in [-0.39, 0.29) is 12.1 Å². The summed E-state index contributed by atoms with van der Waals surface area (Å²) in [5.41, 5.74) is 5.95. The van der Waals surface area contributed by atoms with Gasteiger partial charge in [0.05, 0.1) is 0 Å². The Morgan fingerprint density at radius 3 is 2.77 bits per heavy atom. The molecule has 1 aromatic rings. The smallest absolute Gasteiger partial charge is 0.263 e. The van der Waals surface area contributed by atoms with E-state index in [0.717, 1.165) is 5.56 Å². The summed E-state index contributed by atoms with van der Waals surface area (Å²) in [5, 5.41) is 12.2. The summed E-state index contributed by atoms with van der Waals surface area (Å²) in [7, 11) is 0. The van der Waals surface area contributed by atoms with Crippen molar-refractivity contribution in [2.24, 2.45) is 5.73 Å². The van der Waals surface area contributed by atoms with Gasteiger partial charge in [0.2, 0.25) is 6.41 Å². The van der Waals surface area contributed by atoms with Gasteiger partial charge >= 0.3 is 0 Å². The molecular formula is C15H17ClN4O2. The molecule has 0 aliphatic carbocycles. The molecule has 2 amide bonds. The molecule has 0 fully saturated rings. The van der Waals surface area contributed by atoms with E-state index in [0.29, 0.717) is 30.9 Å². The van der Waals surface area contributed by atoms with Crippen LogP contribution in [0.5, 0.6) is 0 Å². The normalized spacial score (nSPS) is 10.7. The molecule has 7 heteroatoms. The van der Waals surface area contributed by atoms with Gasteiger partial charge in [0, 0.05) is 24.3 Å². The van der Waals surface area contributed by atoms with Gasteiger partial charge in [-0.3, -0.25) is 9.59 Å². The van der Waals surface area contributed by atoms with E-state index in [1.54, 1.807) is 30.3 Å². The van der Waals surface area contributed by atoms with Crippen molar-refractivity contribution in [3.8, 4) is 6.07 Å². The number of carbonyl (C=O) groups excluding carboxylic acids is 2. The van der Waals surface area contributed by atoms with Crippen molar-refractivity contribution >= 4 is 23.9 Å². The largest absolute Gasteiger partial charge is 0.347 e. The number of hydrogen-bond donors (Lipinski definition) is 2. The van der Waals surface area contributed by atoms with Crippen LogP contribution in [-0.2, 0) is 16.1 Å². The minimum absolute atomic E-state index is 0.156. The van der Waals surface area contributed by atoms with Crippen molar-refractivity contribution in [1.82, 2.24) is 10.2 Å². The molecule has 1 aromatic carbocycles. The number of benzene rings is 1. The predicted molar refractivity (Wildman–Crippen MR) is 83.4 cm³/mol. The van der Waals surface area contributed by atoms with Crippen molar-refractivity contribution in [2.75, 3.05) is 13.1 Å². The fourth-order valence-corrected chi connectivity index (χ4v) is 1.84. The quantitative estimate of drug-likeness (QED) is 0.426. The maximum absolute atomic E-state index is 12.0. The Hall–Kier alpha value is -2.36. The molecule has 0 aromatic heterocycles. The monoisotopic (exact) mass is 320 g/mol. The highest BCUT2D eigenvalue weighted by molar-refractivity contribution is 6.31. The maximum atomic E-state index is 12.0. The van der Waals surface area contributed by atoms with E-state index < -0.39 is 5.91 Å². The highest BCUT2D eigenvalue weighted by Gasteiger charge is 2.11. The van der Waals surface area contributed by atoms with Crippen LogP contribution in [0.2, 0.25) is 5.02 Å². The molecule has 1 rings (SSSR count). The van der Waals surface area contributed by atoms with Gasteiger partial charge in [-0.25, -0.2) is 0 Å². The predicted octanol–water partition coefficient (Wildman–Crippen LogP) is 1.17. The van der Waals surface area contributed by atoms with Crippen molar-refractivity contribution in [2.45, 2.75) is 13.0 Å². The number of carbonyl (C=O) groups is 2. The third-order valence-corrected chi connectivity index (χ3v) is 3.18. The van der Waals surface area contributed by atoms with Gasteiger partial charge in [-0.05, 0) is 24.6 Å². The number of rotatable bonds is 8. The van der Waals surface area contributed by atoms with E-state index in [2.05, 4.69) is 5.32 Å². The number of nitrogens with two attached hydrogens (primary N) is 1. The average molecular weight is 321 g/mol. The Morgan fingerprint density at radius 2 is 2.18 bits per heavy atom. The summed E-state index contributed by atoms with van der Waals surface area (Å²) in [6, 6.07) is 8.85. The number of hydrogen-bond acceptors (Lipinski definition) is 4. The van der Waals surface area contributed by atoms with Gasteiger partial charge in [-0.2, -0.15) is 5.26 Å². The lowest BCUT2D eigenvalue weighted by molar-refractivity contribution is -0.117. The van der Waals surface area contributed by atoms with Gasteiger partial charge < -0.3 is 16.0 Å². The van der Waals surface area contributed by atoms with E-state index in [1.165, 1.54) is 11.1 Å². The SMILES string of the molecule is N#C/C(=C/N(C=O)CCCN)C(=O)NCc1ccccc1Cl. The van der Waals surface area contributed by atoms with Crippen LogP contribution in [0.3, 0.4) is 0 Å². The second-order valence-electron chi connectivity index (χ2n) is 4.41. The molecule has 0 unspecified atom stereocenters. The molecule has 116 valence electrons. The van der Waals surface area contributed by atoms with Crippen molar-refractivity contribution in [3.05, 3.63) is 46.6 Å². The average Bonchev–Trinajstić information content (AvgIpc) is 2.54. The number of nitrogens with zero attached hydrogens (tertiary/aromatic N) is 2. The summed E-state index contributed by atoms with van der Waals surface area (Å²) in [6.45, 7) is 0.961. The molecule has 0 heterocycles. The van der Waals surface area contributed by atoms with Crippen LogP contribution in [0.4, 0.5) is 0 Å². The Morgan fingerprint density at radius 1 is 1.45 bits per heavy atom. The van der Waals surface area contributed by atoms with Crippen molar-refractivity contribution < 1.29 is 9.59 Å². The molecular weight excluding hydrogens is 304 g/mol. The second-order valence-corrected chi connectivity index (χ2v) is 4.82. The highest BCUT2D eigenvalue weighted by Crippen LogP contribution is 2.14. The van der Waals surface area contributed by atoms with Crippen LogP contribution < -0.4 is 11.1 Å². The first-order valence-corrected chi connectivity index (χ1v) is 7.04. The zero-order valence-corrected chi connectivity index (χ0v) is 12.7. The number of halogens is 1. The minimum Gasteiger partial charge on any atom is -0.347 e. The minimum atomic E-state index is -0.568. The summed E-state index contributed by atoms with van der Waals surface area (Å²) in [6.07, 6.45) is 2.34. The lowest BCUT2D eigenvalue weighted by atomic mass is 10.2. The molecule has 0 bridgehead atoms. The third kappa shape index (κ3) is 5.56. The molecule has 0 spiro atoms. The van der Waals surface area contributed by atoms with Crippen molar-refractivity contribution in [1.29, 1.82) is 5.26 Å². The number of nitrogens with one attached hydrogen (secondary N) is 1. The van der Waals surface area contributed by atoms with Gasteiger partial charge in [-0.1, -0.05) is 29.8 Å². The number of nitriles is 1. The lowest BCUT2D eigenvalue weighted by Gasteiger charge is -2.12. The molecule has 0 aliphatic rings. The van der Waals surface area contributed by atoms with Crippen LogP contribution in [-0.4, -0.2) is 30.3 Å². The zero-order valence-electron chi connectivity index (χ0n) is 12.0. The summed E-state index contributed by atoms with van der Waals surface area (Å²) >= 11 is 5.99. The van der Waals surface area contributed by atoms with E-state index in [9.17, 15) is 9.59 Å². The molecule has 0 radical (unpaired) electrons. The standard InChI is InChI=1S/C15H17ClN4O2/c16-14-5-2-1-4-12(14)9-19-15(22)13(8-18)10-20(11-21)7-3-6-17/h1-2,4-5,10-11H,3,6-7,9,17H2,(H,19,22)/b13-10-. The molecule has 0 atom stereocenters. The summed E-state index contributed by atoms with van der Waals surface area (Å²) in [4.78, 5) is 24.1. The van der Waals surface area contributed by atoms with Crippen LogP contribution >= 0.6 is 11.6 Å². The fourth-order valence-electron chi connectivity index (χ4n) is 1.64. The van der Waals surface area contributed by atoms with Crippen molar-refractivity contribution in [3.63, 3.8) is 0 Å². The topological polar surface area (TPSA) is 99.2 Å².